The fourth-order valence-corrected chi connectivity index (χ4v) is 4.46. The van der Waals surface area contributed by atoms with Gasteiger partial charge >= 0.3 is 12.3 Å². The van der Waals surface area contributed by atoms with Crippen molar-refractivity contribution in [3.63, 3.8) is 0 Å². The molecule has 32 heavy (non-hydrogen) atoms. The molecule has 1 aliphatic rings. The second-order valence-corrected chi connectivity index (χ2v) is 10.4. The van der Waals surface area contributed by atoms with Crippen LogP contribution in [0.15, 0.2) is 29.8 Å². The molecule has 2 aromatic rings. The van der Waals surface area contributed by atoms with E-state index in [0.717, 1.165) is 24.5 Å². The van der Waals surface area contributed by atoms with Crippen molar-refractivity contribution in [3.8, 4) is 10.6 Å². The van der Waals surface area contributed by atoms with Crippen molar-refractivity contribution in [2.24, 2.45) is 0 Å². The smallest absolute Gasteiger partial charge is 0.416 e. The van der Waals surface area contributed by atoms with Crippen LogP contribution in [0.25, 0.3) is 10.6 Å². The summed E-state index contributed by atoms with van der Waals surface area (Å²) in [6.45, 7) is 9.29. The van der Waals surface area contributed by atoms with Gasteiger partial charge in [-0.25, -0.2) is 9.78 Å². The molecule has 1 aromatic carbocycles. The predicted octanol–water partition coefficient (Wildman–Crippen LogP) is 6.05. The maximum absolute atomic E-state index is 13.3. The summed E-state index contributed by atoms with van der Waals surface area (Å²) < 4.78 is 45.3. The Balaban J connectivity index is 1.74. The Morgan fingerprint density at radius 3 is 2.44 bits per heavy atom. The molecule has 1 aromatic heterocycles. The molecule has 2 heterocycles. The monoisotopic (exact) mass is 469 g/mol. The SMILES string of the molecule is CN(Cc1ccc(C(F)(F)F)cc1-c1nccs1)C1(C)CCN(C(=O)OC(C)(C)C)CC1. The lowest BCUT2D eigenvalue weighted by molar-refractivity contribution is -0.137. The van der Waals surface area contributed by atoms with Crippen LogP contribution in [-0.4, -0.2) is 52.2 Å². The van der Waals surface area contributed by atoms with Gasteiger partial charge in [-0.15, -0.1) is 11.3 Å². The molecular weight excluding hydrogens is 439 g/mol. The summed E-state index contributed by atoms with van der Waals surface area (Å²) in [7, 11) is 1.98. The number of hydrogen-bond acceptors (Lipinski definition) is 5. The van der Waals surface area contributed by atoms with Crippen molar-refractivity contribution in [2.45, 2.75) is 64.4 Å². The molecule has 1 amide bonds. The van der Waals surface area contributed by atoms with Gasteiger partial charge in [-0.2, -0.15) is 13.2 Å². The van der Waals surface area contributed by atoms with Crippen LogP contribution in [0, 0.1) is 0 Å². The number of alkyl halides is 3. The number of ether oxygens (including phenoxy) is 1. The summed E-state index contributed by atoms with van der Waals surface area (Å²) in [5.74, 6) is 0. The zero-order valence-corrected chi connectivity index (χ0v) is 19.9. The van der Waals surface area contributed by atoms with Crippen LogP contribution in [0.2, 0.25) is 0 Å². The summed E-state index contributed by atoms with van der Waals surface area (Å²) in [6, 6.07) is 3.87. The molecule has 1 fully saturated rings. The van der Waals surface area contributed by atoms with Crippen LogP contribution < -0.4 is 0 Å². The zero-order valence-electron chi connectivity index (χ0n) is 19.1. The van der Waals surface area contributed by atoms with Gasteiger partial charge < -0.3 is 9.64 Å². The molecule has 0 radical (unpaired) electrons. The second kappa shape index (κ2) is 9.02. The lowest BCUT2D eigenvalue weighted by Crippen LogP contribution is -2.53. The summed E-state index contributed by atoms with van der Waals surface area (Å²) in [4.78, 5) is 20.5. The van der Waals surface area contributed by atoms with E-state index < -0.39 is 17.3 Å². The average Bonchev–Trinajstić information content (AvgIpc) is 3.21. The molecule has 9 heteroatoms. The van der Waals surface area contributed by atoms with Crippen LogP contribution in [0.5, 0.6) is 0 Å². The Kier molecular flexibility index (Phi) is 6.91. The van der Waals surface area contributed by atoms with Gasteiger partial charge in [0.05, 0.1) is 5.56 Å². The molecule has 0 unspecified atom stereocenters. The molecule has 0 saturated carbocycles. The summed E-state index contributed by atoms with van der Waals surface area (Å²) >= 11 is 1.32. The van der Waals surface area contributed by atoms with E-state index in [0.29, 0.717) is 30.2 Å². The minimum atomic E-state index is -4.41. The number of benzene rings is 1. The highest BCUT2D eigenvalue weighted by Crippen LogP contribution is 2.36. The first kappa shape index (κ1) is 24.5. The van der Waals surface area contributed by atoms with E-state index in [1.807, 2.05) is 27.8 Å². The van der Waals surface area contributed by atoms with Crippen molar-refractivity contribution < 1.29 is 22.7 Å². The second-order valence-electron chi connectivity index (χ2n) is 9.53. The van der Waals surface area contributed by atoms with E-state index in [-0.39, 0.29) is 11.6 Å². The highest BCUT2D eigenvalue weighted by Gasteiger charge is 2.37. The number of halogens is 3. The lowest BCUT2D eigenvalue weighted by atomic mass is 9.87. The van der Waals surface area contributed by atoms with E-state index in [1.54, 1.807) is 22.5 Å². The molecular formula is C23H30F3N3O2S. The number of carbonyl (C=O) groups excluding carboxylic acids is 1. The number of rotatable bonds is 4. The number of likely N-dealkylation sites (tertiary alicyclic amines) is 1. The van der Waals surface area contributed by atoms with Crippen LogP contribution in [-0.2, 0) is 17.5 Å². The maximum Gasteiger partial charge on any atom is 0.416 e. The van der Waals surface area contributed by atoms with Crippen LogP contribution in [0.4, 0.5) is 18.0 Å². The Labute approximate surface area is 191 Å². The quantitative estimate of drug-likeness (QED) is 0.547. The highest BCUT2D eigenvalue weighted by atomic mass is 32.1. The molecule has 5 nitrogen and oxygen atoms in total. The molecule has 176 valence electrons. The van der Waals surface area contributed by atoms with Gasteiger partial charge in [0.1, 0.15) is 10.6 Å². The van der Waals surface area contributed by atoms with Crippen molar-refractivity contribution in [2.75, 3.05) is 20.1 Å². The lowest BCUT2D eigenvalue weighted by Gasteiger charge is -2.45. The van der Waals surface area contributed by atoms with E-state index >= 15 is 0 Å². The van der Waals surface area contributed by atoms with Gasteiger partial charge in [-0.1, -0.05) is 6.07 Å². The highest BCUT2D eigenvalue weighted by molar-refractivity contribution is 7.13. The van der Waals surface area contributed by atoms with E-state index in [4.69, 9.17) is 4.74 Å². The van der Waals surface area contributed by atoms with Gasteiger partial charge in [0, 0.05) is 42.3 Å². The summed E-state index contributed by atoms with van der Waals surface area (Å²) in [5.41, 5.74) is -0.0983. The standard InChI is InChI=1S/C23H30F3N3O2S/c1-21(2,3)31-20(30)29-11-8-22(4,9-12-29)28(5)15-16-6-7-17(23(24,25)26)14-18(16)19-27-10-13-32-19/h6-7,10,13-14H,8-9,11-12,15H2,1-5H3. The minimum absolute atomic E-state index is 0.193. The Morgan fingerprint density at radius 1 is 1.25 bits per heavy atom. The Hall–Kier alpha value is -2.13. The van der Waals surface area contributed by atoms with Gasteiger partial charge in [0.15, 0.2) is 0 Å². The number of carbonyl (C=O) groups is 1. The zero-order chi connectivity index (χ0) is 23.7. The third-order valence-electron chi connectivity index (χ3n) is 5.92. The first-order valence-electron chi connectivity index (χ1n) is 10.6. The summed E-state index contributed by atoms with van der Waals surface area (Å²) in [6.07, 6.45) is -1.62. The topological polar surface area (TPSA) is 45.7 Å². The minimum Gasteiger partial charge on any atom is -0.444 e. The maximum atomic E-state index is 13.3. The first-order chi connectivity index (χ1) is 14.8. The number of amides is 1. The molecule has 0 spiro atoms. The largest absolute Gasteiger partial charge is 0.444 e. The van der Waals surface area contributed by atoms with Crippen LogP contribution in [0.3, 0.4) is 0 Å². The van der Waals surface area contributed by atoms with Gasteiger partial charge in [-0.3, -0.25) is 4.90 Å². The number of thiazole rings is 1. The number of piperidine rings is 1. The molecule has 1 saturated heterocycles. The van der Waals surface area contributed by atoms with Gasteiger partial charge in [0.25, 0.3) is 0 Å². The van der Waals surface area contributed by atoms with Gasteiger partial charge in [0.2, 0.25) is 0 Å². The Morgan fingerprint density at radius 2 is 1.91 bits per heavy atom. The normalized spacial score (nSPS) is 17.0. The molecule has 0 bridgehead atoms. The van der Waals surface area contributed by atoms with E-state index in [2.05, 4.69) is 16.8 Å². The number of aromatic nitrogens is 1. The van der Waals surface area contributed by atoms with E-state index in [9.17, 15) is 18.0 Å². The molecule has 0 aliphatic carbocycles. The average molecular weight is 470 g/mol. The molecule has 1 aliphatic heterocycles. The van der Waals surface area contributed by atoms with Crippen LogP contribution in [0.1, 0.15) is 51.7 Å². The predicted molar refractivity (Wildman–Crippen MR) is 119 cm³/mol. The fraction of sp³-hybridized carbons (Fsp3) is 0.565. The molecule has 0 atom stereocenters. The fourth-order valence-electron chi connectivity index (χ4n) is 3.77. The molecule has 3 rings (SSSR count). The Bertz CT molecular complexity index is 931. The number of hydrogen-bond donors (Lipinski definition) is 0. The van der Waals surface area contributed by atoms with Crippen molar-refractivity contribution >= 4 is 17.4 Å². The van der Waals surface area contributed by atoms with Crippen molar-refractivity contribution in [1.82, 2.24) is 14.8 Å². The van der Waals surface area contributed by atoms with Crippen LogP contribution >= 0.6 is 11.3 Å². The molecule has 0 N–H and O–H groups in total. The third-order valence-corrected chi connectivity index (χ3v) is 6.73. The summed E-state index contributed by atoms with van der Waals surface area (Å²) in [5, 5.41) is 2.33. The van der Waals surface area contributed by atoms with Crippen molar-refractivity contribution in [3.05, 3.63) is 40.9 Å². The van der Waals surface area contributed by atoms with Crippen molar-refractivity contribution in [1.29, 1.82) is 0 Å². The first-order valence-corrected chi connectivity index (χ1v) is 11.5. The third kappa shape index (κ3) is 5.81. The van der Waals surface area contributed by atoms with Gasteiger partial charge in [-0.05, 0) is 65.3 Å². The number of nitrogens with zero attached hydrogens (tertiary/aromatic N) is 3. The van der Waals surface area contributed by atoms with E-state index in [1.165, 1.54) is 17.4 Å².